The highest BCUT2D eigenvalue weighted by Crippen LogP contribution is 2.53. The number of rotatable bonds is 5. The standard InChI is InChI=1S/C46H35N5O/c1-46(2)37-21-7-9-23-40(37)50(31-15-5-4-6-16-31)43-28-36-35-20-13-25-47-45(35)51(42(36)29-38(43)46)32-17-12-19-34(27-32)52-33-18-11-14-30(26-33)44-48-39-22-8-10-24-41(39)49(44)3/h4-29H,1-3H3. The average Bonchev–Trinajstić information content (AvgIpc) is 3.69. The lowest BCUT2D eigenvalue weighted by atomic mass is 9.73. The summed E-state index contributed by atoms with van der Waals surface area (Å²) >= 11 is 0. The van der Waals surface area contributed by atoms with Crippen LogP contribution < -0.4 is 9.64 Å². The van der Waals surface area contributed by atoms with Crippen LogP contribution in [0.3, 0.4) is 0 Å². The molecule has 9 aromatic rings. The van der Waals surface area contributed by atoms with Crippen LogP contribution in [0.25, 0.3) is 50.0 Å². The van der Waals surface area contributed by atoms with Gasteiger partial charge in [0, 0.05) is 46.7 Å². The predicted octanol–water partition coefficient (Wildman–Crippen LogP) is 11.6. The van der Waals surface area contributed by atoms with E-state index in [4.69, 9.17) is 14.7 Å². The van der Waals surface area contributed by atoms with Crippen LogP contribution in [-0.2, 0) is 12.5 Å². The fourth-order valence-electron chi connectivity index (χ4n) is 8.08. The number of anilines is 3. The molecular formula is C46H35N5O. The number of nitrogens with zero attached hydrogens (tertiary/aromatic N) is 5. The number of para-hydroxylation sites is 4. The van der Waals surface area contributed by atoms with Crippen molar-refractivity contribution in [2.45, 2.75) is 19.3 Å². The van der Waals surface area contributed by atoms with Crippen molar-refractivity contribution in [3.63, 3.8) is 0 Å². The third-order valence-corrected chi connectivity index (χ3v) is 10.6. The summed E-state index contributed by atoms with van der Waals surface area (Å²) in [5.41, 5.74) is 11.9. The maximum Gasteiger partial charge on any atom is 0.145 e. The van der Waals surface area contributed by atoms with E-state index in [2.05, 4.69) is 144 Å². The zero-order valence-corrected chi connectivity index (χ0v) is 29.2. The molecule has 0 N–H and O–H groups in total. The fraction of sp³-hybridized carbons (Fsp3) is 0.0870. The maximum atomic E-state index is 6.57. The number of hydrogen-bond donors (Lipinski definition) is 0. The zero-order chi connectivity index (χ0) is 35.0. The van der Waals surface area contributed by atoms with Gasteiger partial charge >= 0.3 is 0 Å². The number of ether oxygens (including phenoxy) is 1. The van der Waals surface area contributed by atoms with Crippen LogP contribution in [0.1, 0.15) is 25.0 Å². The molecule has 0 saturated carbocycles. The lowest BCUT2D eigenvalue weighted by molar-refractivity contribution is 0.482. The molecule has 0 unspecified atom stereocenters. The summed E-state index contributed by atoms with van der Waals surface area (Å²) in [4.78, 5) is 12.3. The molecule has 1 aliphatic heterocycles. The molecule has 0 fully saturated rings. The van der Waals surface area contributed by atoms with E-state index in [1.807, 2.05) is 48.7 Å². The molecule has 52 heavy (non-hydrogen) atoms. The lowest BCUT2D eigenvalue weighted by Gasteiger charge is -2.42. The number of hydrogen-bond acceptors (Lipinski definition) is 4. The monoisotopic (exact) mass is 673 g/mol. The van der Waals surface area contributed by atoms with Crippen LogP contribution in [0.15, 0.2) is 158 Å². The molecule has 0 atom stereocenters. The first-order valence-electron chi connectivity index (χ1n) is 17.6. The summed E-state index contributed by atoms with van der Waals surface area (Å²) in [6.45, 7) is 4.67. The summed E-state index contributed by atoms with van der Waals surface area (Å²) in [6, 6.07) is 53.0. The molecule has 0 amide bonds. The van der Waals surface area contributed by atoms with Crippen molar-refractivity contribution < 1.29 is 4.74 Å². The van der Waals surface area contributed by atoms with Crippen molar-refractivity contribution in [3.05, 3.63) is 169 Å². The quantitative estimate of drug-likeness (QED) is 0.182. The summed E-state index contributed by atoms with van der Waals surface area (Å²) < 4.78 is 11.0. The Morgan fingerprint density at radius 1 is 0.577 bits per heavy atom. The normalized spacial score (nSPS) is 13.4. The Labute approximate surface area is 301 Å². The molecule has 6 heteroatoms. The minimum Gasteiger partial charge on any atom is -0.457 e. The van der Waals surface area contributed by atoms with Crippen LogP contribution in [0, 0.1) is 0 Å². The van der Waals surface area contributed by atoms with Gasteiger partial charge in [0.05, 0.1) is 33.6 Å². The minimum absolute atomic E-state index is 0.241. The van der Waals surface area contributed by atoms with Crippen molar-refractivity contribution in [2.75, 3.05) is 4.90 Å². The third kappa shape index (κ3) is 4.57. The summed E-state index contributed by atoms with van der Waals surface area (Å²) in [7, 11) is 2.05. The second-order valence-corrected chi connectivity index (χ2v) is 14.0. The van der Waals surface area contributed by atoms with Crippen molar-refractivity contribution in [3.8, 4) is 28.6 Å². The highest BCUT2D eigenvalue weighted by molar-refractivity contribution is 6.10. The third-order valence-electron chi connectivity index (χ3n) is 10.6. The first kappa shape index (κ1) is 30.2. The van der Waals surface area contributed by atoms with E-state index in [1.165, 1.54) is 22.5 Å². The zero-order valence-electron chi connectivity index (χ0n) is 29.2. The van der Waals surface area contributed by atoms with E-state index in [1.54, 1.807) is 0 Å². The predicted molar refractivity (Wildman–Crippen MR) is 212 cm³/mol. The summed E-state index contributed by atoms with van der Waals surface area (Å²) in [6.07, 6.45) is 1.88. The second-order valence-electron chi connectivity index (χ2n) is 14.0. The molecule has 4 heterocycles. The Kier molecular flexibility index (Phi) is 6.64. The number of imidazole rings is 1. The number of benzene rings is 6. The van der Waals surface area contributed by atoms with E-state index in [-0.39, 0.29) is 5.41 Å². The van der Waals surface area contributed by atoms with Gasteiger partial charge in [0.15, 0.2) is 0 Å². The number of fused-ring (bicyclic) bond motifs is 6. The van der Waals surface area contributed by atoms with E-state index < -0.39 is 0 Å². The van der Waals surface area contributed by atoms with Gasteiger partial charge in [0.25, 0.3) is 0 Å². The molecule has 1 aliphatic rings. The average molecular weight is 674 g/mol. The fourth-order valence-corrected chi connectivity index (χ4v) is 8.08. The van der Waals surface area contributed by atoms with Gasteiger partial charge < -0.3 is 14.2 Å². The Morgan fingerprint density at radius 3 is 2.19 bits per heavy atom. The Bertz CT molecular complexity index is 2830. The van der Waals surface area contributed by atoms with Crippen LogP contribution in [-0.4, -0.2) is 19.1 Å². The van der Waals surface area contributed by atoms with Crippen LogP contribution in [0.5, 0.6) is 11.5 Å². The molecule has 250 valence electrons. The molecule has 10 rings (SSSR count). The number of aryl methyl sites for hydroxylation is 1. The van der Waals surface area contributed by atoms with Crippen molar-refractivity contribution in [2.24, 2.45) is 7.05 Å². The smallest absolute Gasteiger partial charge is 0.145 e. The number of pyridine rings is 1. The van der Waals surface area contributed by atoms with E-state index >= 15 is 0 Å². The van der Waals surface area contributed by atoms with Gasteiger partial charge in [-0.05, 0) is 90.0 Å². The van der Waals surface area contributed by atoms with Crippen LogP contribution in [0.2, 0.25) is 0 Å². The van der Waals surface area contributed by atoms with Crippen molar-refractivity contribution >= 4 is 50.0 Å². The molecular weight excluding hydrogens is 639 g/mol. The van der Waals surface area contributed by atoms with Gasteiger partial charge in [-0.1, -0.05) is 80.6 Å². The highest BCUT2D eigenvalue weighted by atomic mass is 16.5. The summed E-state index contributed by atoms with van der Waals surface area (Å²) in [5, 5.41) is 2.26. The topological polar surface area (TPSA) is 48.1 Å². The van der Waals surface area contributed by atoms with Gasteiger partial charge in [0.2, 0.25) is 0 Å². The van der Waals surface area contributed by atoms with Crippen LogP contribution >= 0.6 is 0 Å². The second kappa shape index (κ2) is 11.4. The molecule has 0 bridgehead atoms. The van der Waals surface area contributed by atoms with E-state index in [0.29, 0.717) is 0 Å². The largest absolute Gasteiger partial charge is 0.457 e. The molecule has 0 spiro atoms. The SMILES string of the molecule is Cn1c(-c2cccc(Oc3cccc(-n4c5cc6c(cc5c5cccnc54)N(c4ccccc4)c4ccccc4C6(C)C)c3)c2)nc2ccccc21. The summed E-state index contributed by atoms with van der Waals surface area (Å²) in [5.74, 6) is 2.39. The molecule has 0 aliphatic carbocycles. The van der Waals surface area contributed by atoms with Gasteiger partial charge in [0.1, 0.15) is 23.0 Å². The number of aromatic nitrogens is 4. The molecule has 3 aromatic heterocycles. The van der Waals surface area contributed by atoms with Gasteiger partial charge in [-0.15, -0.1) is 0 Å². The maximum absolute atomic E-state index is 6.57. The molecule has 6 nitrogen and oxygen atoms in total. The molecule has 0 radical (unpaired) electrons. The minimum atomic E-state index is -0.241. The first-order chi connectivity index (χ1) is 25.5. The van der Waals surface area contributed by atoms with E-state index in [9.17, 15) is 0 Å². The van der Waals surface area contributed by atoms with Gasteiger partial charge in [-0.2, -0.15) is 0 Å². The lowest BCUT2D eigenvalue weighted by Crippen LogP contribution is -2.30. The Balaban J connectivity index is 1.11. The molecule has 0 saturated heterocycles. The van der Waals surface area contributed by atoms with Crippen molar-refractivity contribution in [1.82, 2.24) is 19.1 Å². The Hall–Kier alpha value is -6.66. The van der Waals surface area contributed by atoms with Gasteiger partial charge in [-0.25, -0.2) is 9.97 Å². The van der Waals surface area contributed by atoms with Crippen molar-refractivity contribution in [1.29, 1.82) is 0 Å². The van der Waals surface area contributed by atoms with E-state index in [0.717, 1.165) is 67.2 Å². The van der Waals surface area contributed by atoms with Crippen LogP contribution in [0.4, 0.5) is 17.1 Å². The first-order valence-corrected chi connectivity index (χ1v) is 17.6. The molecule has 6 aromatic carbocycles. The van der Waals surface area contributed by atoms with Gasteiger partial charge in [-0.3, -0.25) is 4.57 Å². The highest BCUT2D eigenvalue weighted by Gasteiger charge is 2.37. The Morgan fingerprint density at radius 2 is 1.33 bits per heavy atom.